The third kappa shape index (κ3) is 4.94. The molecule has 3 rings (SSSR count). The number of halogens is 1. The highest BCUT2D eigenvalue weighted by atomic mass is 79.9. The lowest BCUT2D eigenvalue weighted by atomic mass is 10.2. The number of ether oxygens (including phenoxy) is 1. The van der Waals surface area contributed by atoms with Crippen LogP contribution in [0.3, 0.4) is 0 Å². The average molecular weight is 472 g/mol. The number of aryl methyl sites for hydroxylation is 1. The van der Waals surface area contributed by atoms with Crippen LogP contribution >= 0.6 is 15.9 Å². The fourth-order valence-electron chi connectivity index (χ4n) is 2.87. The maximum absolute atomic E-state index is 13.1. The Hall–Kier alpha value is -3.00. The topological polar surface area (TPSA) is 93.8 Å². The van der Waals surface area contributed by atoms with Gasteiger partial charge in [-0.1, -0.05) is 41.4 Å². The van der Waals surface area contributed by atoms with Gasteiger partial charge in [0.15, 0.2) is 6.10 Å². The van der Waals surface area contributed by atoms with E-state index in [1.165, 1.54) is 17.8 Å². The molecule has 0 unspecified atom stereocenters. The number of benzene rings is 2. The van der Waals surface area contributed by atoms with Crippen molar-refractivity contribution in [3.63, 3.8) is 0 Å². The second-order valence-corrected chi connectivity index (χ2v) is 7.71. The van der Waals surface area contributed by atoms with Gasteiger partial charge in [0.2, 0.25) is 0 Å². The van der Waals surface area contributed by atoms with Gasteiger partial charge < -0.3 is 9.84 Å². The molecule has 0 amide bonds. The minimum Gasteiger partial charge on any atom is -0.479 e. The maximum Gasteiger partial charge on any atom is 0.344 e. The molecule has 0 spiro atoms. The van der Waals surface area contributed by atoms with Gasteiger partial charge in [-0.2, -0.15) is 9.78 Å². The molecule has 0 aliphatic carbocycles. The minimum absolute atomic E-state index is 0.263. The second-order valence-electron chi connectivity index (χ2n) is 6.79. The SMILES string of the molecule is CCCCc1nc2ccc(Br)cc2c(=O)n1N=Cc1ccccc1O[C@@H](C)C(=O)O. The quantitative estimate of drug-likeness (QED) is 0.495. The zero-order chi connectivity index (χ0) is 21.7. The third-order valence-corrected chi connectivity index (χ3v) is 5.01. The summed E-state index contributed by atoms with van der Waals surface area (Å²) in [5.41, 5.74) is 0.925. The summed E-state index contributed by atoms with van der Waals surface area (Å²) in [4.78, 5) is 28.9. The van der Waals surface area contributed by atoms with E-state index in [0.717, 1.165) is 17.3 Å². The van der Waals surface area contributed by atoms with E-state index in [4.69, 9.17) is 9.84 Å². The number of hydrogen-bond donors (Lipinski definition) is 1. The van der Waals surface area contributed by atoms with Crippen LogP contribution in [0.15, 0.2) is 56.8 Å². The van der Waals surface area contributed by atoms with E-state index in [-0.39, 0.29) is 5.56 Å². The number of aliphatic carboxylic acids is 1. The first-order chi connectivity index (χ1) is 14.4. The van der Waals surface area contributed by atoms with Gasteiger partial charge in [-0.25, -0.2) is 9.78 Å². The van der Waals surface area contributed by atoms with Gasteiger partial charge >= 0.3 is 5.97 Å². The number of aromatic nitrogens is 2. The van der Waals surface area contributed by atoms with Crippen LogP contribution in [0.2, 0.25) is 0 Å². The highest BCUT2D eigenvalue weighted by Crippen LogP contribution is 2.19. The van der Waals surface area contributed by atoms with E-state index >= 15 is 0 Å². The molecule has 1 atom stereocenters. The fraction of sp³-hybridized carbons (Fsp3) is 0.273. The number of unbranched alkanes of at least 4 members (excludes halogenated alkanes) is 1. The second kappa shape index (κ2) is 9.67. The van der Waals surface area contributed by atoms with E-state index in [2.05, 4.69) is 32.9 Å². The van der Waals surface area contributed by atoms with Gasteiger partial charge in [-0.15, -0.1) is 0 Å². The lowest BCUT2D eigenvalue weighted by Crippen LogP contribution is -2.24. The first-order valence-electron chi connectivity index (χ1n) is 9.64. The van der Waals surface area contributed by atoms with E-state index in [1.54, 1.807) is 36.4 Å². The van der Waals surface area contributed by atoms with Crippen LogP contribution in [-0.4, -0.2) is 33.1 Å². The molecule has 0 saturated heterocycles. The summed E-state index contributed by atoms with van der Waals surface area (Å²) >= 11 is 3.39. The minimum atomic E-state index is -1.07. The molecular weight excluding hydrogens is 450 g/mol. The average Bonchev–Trinajstić information content (AvgIpc) is 2.73. The van der Waals surface area contributed by atoms with Crippen molar-refractivity contribution >= 4 is 39.0 Å². The molecule has 3 aromatic rings. The normalized spacial score (nSPS) is 12.4. The largest absolute Gasteiger partial charge is 0.479 e. The van der Waals surface area contributed by atoms with Crippen LogP contribution in [-0.2, 0) is 11.2 Å². The molecule has 7 nitrogen and oxygen atoms in total. The number of hydrogen-bond acceptors (Lipinski definition) is 5. The Kier molecular flexibility index (Phi) is 6.99. The van der Waals surface area contributed by atoms with E-state index in [0.29, 0.717) is 34.5 Å². The van der Waals surface area contributed by atoms with Crippen LogP contribution in [0, 0.1) is 0 Å². The number of carboxylic acids is 1. The van der Waals surface area contributed by atoms with Crippen molar-refractivity contribution in [2.24, 2.45) is 5.10 Å². The molecule has 0 bridgehead atoms. The van der Waals surface area contributed by atoms with Gasteiger partial charge in [-0.3, -0.25) is 4.79 Å². The Morgan fingerprint density at radius 1 is 1.33 bits per heavy atom. The number of carbonyl (C=O) groups is 1. The van der Waals surface area contributed by atoms with Crippen molar-refractivity contribution in [1.29, 1.82) is 0 Å². The van der Waals surface area contributed by atoms with E-state index < -0.39 is 12.1 Å². The fourth-order valence-corrected chi connectivity index (χ4v) is 3.23. The predicted octanol–water partition coefficient (Wildman–Crippen LogP) is 4.24. The van der Waals surface area contributed by atoms with Crippen molar-refractivity contribution in [1.82, 2.24) is 9.66 Å². The van der Waals surface area contributed by atoms with Crippen LogP contribution in [0.5, 0.6) is 5.75 Å². The molecule has 0 radical (unpaired) electrons. The molecular formula is C22H22BrN3O4. The number of carboxylic acid groups (broad SMARTS) is 1. The molecule has 156 valence electrons. The molecule has 8 heteroatoms. The van der Waals surface area contributed by atoms with Gasteiger partial charge in [0, 0.05) is 16.5 Å². The van der Waals surface area contributed by atoms with E-state index in [9.17, 15) is 9.59 Å². The summed E-state index contributed by atoms with van der Waals surface area (Å²) in [5, 5.41) is 14.0. The molecule has 0 saturated carbocycles. The molecule has 0 aliphatic heterocycles. The Morgan fingerprint density at radius 3 is 2.83 bits per heavy atom. The number of fused-ring (bicyclic) bond motifs is 1. The lowest BCUT2D eigenvalue weighted by molar-refractivity contribution is -0.144. The van der Waals surface area contributed by atoms with Crippen molar-refractivity contribution in [2.75, 3.05) is 0 Å². The molecule has 0 aliphatic rings. The molecule has 1 aromatic heterocycles. The van der Waals surface area contributed by atoms with Gasteiger partial charge in [0.05, 0.1) is 17.1 Å². The van der Waals surface area contributed by atoms with Crippen molar-refractivity contribution in [3.8, 4) is 5.75 Å². The summed E-state index contributed by atoms with van der Waals surface area (Å²) in [6, 6.07) is 12.3. The summed E-state index contributed by atoms with van der Waals surface area (Å²) in [6.07, 6.45) is 2.93. The number of nitrogens with zero attached hydrogens (tertiary/aromatic N) is 3. The van der Waals surface area contributed by atoms with Crippen LogP contribution in [0.4, 0.5) is 0 Å². The summed E-state index contributed by atoms with van der Waals surface area (Å²) in [6.45, 7) is 3.52. The standard InChI is InChI=1S/C22H22BrN3O4/c1-3-4-9-20-25-18-11-10-16(23)12-17(18)21(27)26(20)24-13-15-7-5-6-8-19(15)30-14(2)22(28)29/h5-8,10-14H,3-4,9H2,1-2H3,(H,28,29)/t14-/m0/s1. The molecule has 1 N–H and O–H groups in total. The van der Waals surface area contributed by atoms with Gasteiger partial charge in [-0.05, 0) is 43.7 Å². The van der Waals surface area contributed by atoms with Crippen molar-refractivity contribution in [2.45, 2.75) is 39.2 Å². The summed E-state index contributed by atoms with van der Waals surface area (Å²) in [7, 11) is 0. The molecule has 2 aromatic carbocycles. The van der Waals surface area contributed by atoms with Crippen molar-refractivity contribution < 1.29 is 14.6 Å². The Balaban J connectivity index is 2.06. The lowest BCUT2D eigenvalue weighted by Gasteiger charge is -2.13. The van der Waals surface area contributed by atoms with Crippen LogP contribution in [0.25, 0.3) is 10.9 Å². The Bertz CT molecular complexity index is 1160. The molecule has 0 fully saturated rings. The highest BCUT2D eigenvalue weighted by molar-refractivity contribution is 9.10. The molecule has 30 heavy (non-hydrogen) atoms. The Morgan fingerprint density at radius 2 is 2.10 bits per heavy atom. The molecule has 1 heterocycles. The smallest absolute Gasteiger partial charge is 0.344 e. The zero-order valence-electron chi connectivity index (χ0n) is 16.7. The summed E-state index contributed by atoms with van der Waals surface area (Å²) < 4.78 is 7.60. The van der Waals surface area contributed by atoms with Gasteiger partial charge in [0.25, 0.3) is 5.56 Å². The predicted molar refractivity (Wildman–Crippen MR) is 119 cm³/mol. The van der Waals surface area contributed by atoms with Crippen LogP contribution in [0.1, 0.15) is 38.1 Å². The first-order valence-corrected chi connectivity index (χ1v) is 10.4. The monoisotopic (exact) mass is 471 g/mol. The zero-order valence-corrected chi connectivity index (χ0v) is 18.3. The van der Waals surface area contributed by atoms with Gasteiger partial charge in [0.1, 0.15) is 11.6 Å². The third-order valence-electron chi connectivity index (χ3n) is 4.51. The number of rotatable bonds is 8. The van der Waals surface area contributed by atoms with E-state index in [1.807, 2.05) is 6.07 Å². The highest BCUT2D eigenvalue weighted by Gasteiger charge is 2.15. The maximum atomic E-state index is 13.1. The first kappa shape index (κ1) is 21.7. The summed E-state index contributed by atoms with van der Waals surface area (Å²) in [5.74, 6) is -0.120. The number of para-hydroxylation sites is 1. The van der Waals surface area contributed by atoms with Crippen LogP contribution < -0.4 is 10.3 Å². The van der Waals surface area contributed by atoms with Crippen molar-refractivity contribution in [3.05, 3.63) is 68.7 Å². The Labute approximate surface area is 182 Å².